The Morgan fingerprint density at radius 1 is 1.35 bits per heavy atom. The van der Waals surface area contributed by atoms with Crippen LogP contribution in [0, 0.1) is 0 Å². The Morgan fingerprint density at radius 3 is 2.53 bits per heavy atom. The van der Waals surface area contributed by atoms with E-state index >= 15 is 0 Å². The van der Waals surface area contributed by atoms with Gasteiger partial charge in [-0.3, -0.25) is 0 Å². The summed E-state index contributed by atoms with van der Waals surface area (Å²) in [4.78, 5) is 0. The topological polar surface area (TPSA) is 35.2 Å². The van der Waals surface area contributed by atoms with Gasteiger partial charge in [-0.05, 0) is 58.8 Å². The first-order valence-electron chi connectivity index (χ1n) is 6.26. The van der Waals surface area contributed by atoms with Crippen molar-refractivity contribution in [1.29, 1.82) is 0 Å². The molecule has 1 aromatic carbocycles. The van der Waals surface area contributed by atoms with Gasteiger partial charge < -0.3 is 10.5 Å². The fourth-order valence-electron chi connectivity index (χ4n) is 2.65. The predicted molar refractivity (Wildman–Crippen MR) is 74.5 cm³/mol. The van der Waals surface area contributed by atoms with E-state index in [1.165, 1.54) is 36.8 Å². The van der Waals surface area contributed by atoms with Gasteiger partial charge in [0.2, 0.25) is 0 Å². The summed E-state index contributed by atoms with van der Waals surface area (Å²) in [5, 5.41) is 0. The zero-order chi connectivity index (χ0) is 12.4. The summed E-state index contributed by atoms with van der Waals surface area (Å²) in [7, 11) is 1.74. The maximum absolute atomic E-state index is 5.98. The largest absolute Gasteiger partial charge is 0.495 e. The molecule has 0 amide bonds. The third kappa shape index (κ3) is 2.66. The molecule has 0 radical (unpaired) electrons. The van der Waals surface area contributed by atoms with Crippen LogP contribution in [0.2, 0.25) is 0 Å². The highest BCUT2D eigenvalue weighted by Gasteiger charge is 2.23. The van der Waals surface area contributed by atoms with Crippen LogP contribution in [0.4, 0.5) is 0 Å². The van der Waals surface area contributed by atoms with Gasteiger partial charge in [0.15, 0.2) is 0 Å². The molecule has 2 rings (SSSR count). The highest BCUT2D eigenvalue weighted by atomic mass is 79.9. The number of methoxy groups -OCH3 is 1. The Balaban J connectivity index is 2.45. The van der Waals surface area contributed by atoms with E-state index in [4.69, 9.17) is 10.5 Å². The van der Waals surface area contributed by atoms with E-state index in [-0.39, 0.29) is 6.04 Å². The maximum atomic E-state index is 5.98. The average molecular weight is 298 g/mol. The lowest BCUT2D eigenvalue weighted by Crippen LogP contribution is -2.07. The van der Waals surface area contributed by atoms with E-state index in [1.54, 1.807) is 7.11 Å². The van der Waals surface area contributed by atoms with Crippen LogP contribution in [0.1, 0.15) is 55.7 Å². The first kappa shape index (κ1) is 12.9. The number of hydrogen-bond donors (Lipinski definition) is 1. The summed E-state index contributed by atoms with van der Waals surface area (Å²) in [5.41, 5.74) is 8.49. The van der Waals surface area contributed by atoms with Crippen molar-refractivity contribution in [3.8, 4) is 5.75 Å². The standard InChI is InChI=1S/C14H20BrNO/c1-9(16)11-7-12(10-5-3-4-6-10)14(17-2)13(15)8-11/h7-10H,3-6,16H2,1-2H3. The molecule has 0 heterocycles. The zero-order valence-electron chi connectivity index (χ0n) is 10.5. The lowest BCUT2D eigenvalue weighted by Gasteiger charge is -2.19. The number of halogens is 1. The van der Waals surface area contributed by atoms with E-state index in [2.05, 4.69) is 28.1 Å². The van der Waals surface area contributed by atoms with Gasteiger partial charge in [-0.2, -0.15) is 0 Å². The van der Waals surface area contributed by atoms with Gasteiger partial charge in [0.25, 0.3) is 0 Å². The van der Waals surface area contributed by atoms with Crippen molar-refractivity contribution < 1.29 is 4.74 Å². The number of hydrogen-bond acceptors (Lipinski definition) is 2. The first-order valence-corrected chi connectivity index (χ1v) is 7.05. The van der Waals surface area contributed by atoms with E-state index in [0.717, 1.165) is 10.2 Å². The van der Waals surface area contributed by atoms with Crippen molar-refractivity contribution in [2.24, 2.45) is 5.73 Å². The van der Waals surface area contributed by atoms with Crippen LogP contribution in [0.15, 0.2) is 16.6 Å². The molecule has 0 saturated heterocycles. The van der Waals surface area contributed by atoms with Crippen molar-refractivity contribution in [2.45, 2.75) is 44.6 Å². The van der Waals surface area contributed by atoms with Gasteiger partial charge in [0.05, 0.1) is 11.6 Å². The van der Waals surface area contributed by atoms with Crippen LogP contribution >= 0.6 is 15.9 Å². The summed E-state index contributed by atoms with van der Waals surface area (Å²) >= 11 is 3.59. The zero-order valence-corrected chi connectivity index (χ0v) is 12.1. The van der Waals surface area contributed by atoms with Crippen molar-refractivity contribution in [2.75, 3.05) is 7.11 Å². The molecule has 0 aliphatic heterocycles. The minimum absolute atomic E-state index is 0.0670. The Labute approximate surface area is 112 Å². The lowest BCUT2D eigenvalue weighted by atomic mass is 9.93. The monoisotopic (exact) mass is 297 g/mol. The highest BCUT2D eigenvalue weighted by molar-refractivity contribution is 9.10. The highest BCUT2D eigenvalue weighted by Crippen LogP contribution is 2.42. The van der Waals surface area contributed by atoms with Crippen molar-refractivity contribution in [3.05, 3.63) is 27.7 Å². The smallest absolute Gasteiger partial charge is 0.136 e. The molecular formula is C14H20BrNO. The van der Waals surface area contributed by atoms with Gasteiger partial charge in [0, 0.05) is 6.04 Å². The van der Waals surface area contributed by atoms with Crippen molar-refractivity contribution in [3.63, 3.8) is 0 Å². The van der Waals surface area contributed by atoms with Gasteiger partial charge >= 0.3 is 0 Å². The first-order chi connectivity index (χ1) is 8.13. The third-order valence-electron chi connectivity index (χ3n) is 3.62. The van der Waals surface area contributed by atoms with E-state index in [0.29, 0.717) is 5.92 Å². The summed E-state index contributed by atoms with van der Waals surface area (Å²) in [6, 6.07) is 4.36. The SMILES string of the molecule is COc1c(Br)cc(C(C)N)cc1C1CCCC1. The van der Waals surface area contributed by atoms with Crippen LogP contribution < -0.4 is 10.5 Å². The quantitative estimate of drug-likeness (QED) is 0.910. The molecule has 1 fully saturated rings. The van der Waals surface area contributed by atoms with Crippen molar-refractivity contribution >= 4 is 15.9 Å². The number of nitrogens with two attached hydrogens (primary N) is 1. The normalized spacial score (nSPS) is 18.4. The fourth-order valence-corrected chi connectivity index (χ4v) is 3.31. The predicted octanol–water partition coefficient (Wildman–Crippen LogP) is 4.14. The molecule has 94 valence electrons. The molecule has 17 heavy (non-hydrogen) atoms. The van der Waals surface area contributed by atoms with Gasteiger partial charge in [-0.25, -0.2) is 0 Å². The second-order valence-electron chi connectivity index (χ2n) is 4.90. The number of rotatable bonds is 3. The summed E-state index contributed by atoms with van der Waals surface area (Å²) in [5.74, 6) is 1.63. The molecule has 0 aromatic heterocycles. The molecule has 1 unspecified atom stereocenters. The van der Waals surface area contributed by atoms with Crippen LogP contribution in [0.3, 0.4) is 0 Å². The van der Waals surface area contributed by atoms with E-state index in [1.807, 2.05) is 6.92 Å². The van der Waals surface area contributed by atoms with Crippen LogP contribution in [0.5, 0.6) is 5.75 Å². The van der Waals surface area contributed by atoms with Crippen LogP contribution in [0.25, 0.3) is 0 Å². The summed E-state index contributed by atoms with van der Waals surface area (Å²) < 4.78 is 6.56. The molecule has 1 atom stereocenters. The Bertz CT molecular complexity index is 397. The van der Waals surface area contributed by atoms with Gasteiger partial charge in [0.1, 0.15) is 5.75 Å². The Morgan fingerprint density at radius 2 is 2.00 bits per heavy atom. The van der Waals surface area contributed by atoms with Gasteiger partial charge in [-0.1, -0.05) is 18.9 Å². The molecule has 1 aliphatic carbocycles. The number of ether oxygens (including phenoxy) is 1. The van der Waals surface area contributed by atoms with Crippen molar-refractivity contribution in [1.82, 2.24) is 0 Å². The minimum atomic E-state index is 0.0670. The van der Waals surface area contributed by atoms with Crippen LogP contribution in [-0.4, -0.2) is 7.11 Å². The third-order valence-corrected chi connectivity index (χ3v) is 4.21. The molecule has 0 bridgehead atoms. The molecule has 1 aliphatic rings. The maximum Gasteiger partial charge on any atom is 0.136 e. The average Bonchev–Trinajstić information content (AvgIpc) is 2.81. The Kier molecular flexibility index (Phi) is 4.10. The lowest BCUT2D eigenvalue weighted by molar-refractivity contribution is 0.402. The van der Waals surface area contributed by atoms with E-state index in [9.17, 15) is 0 Å². The number of benzene rings is 1. The summed E-state index contributed by atoms with van der Waals surface area (Å²) in [6.07, 6.45) is 5.19. The second-order valence-corrected chi connectivity index (χ2v) is 5.75. The molecule has 2 nitrogen and oxygen atoms in total. The Hall–Kier alpha value is -0.540. The molecule has 1 saturated carbocycles. The molecule has 2 N–H and O–H groups in total. The second kappa shape index (κ2) is 5.40. The molecule has 1 aromatic rings. The molecular weight excluding hydrogens is 278 g/mol. The minimum Gasteiger partial charge on any atom is -0.495 e. The van der Waals surface area contributed by atoms with E-state index < -0.39 is 0 Å². The van der Waals surface area contributed by atoms with Gasteiger partial charge in [-0.15, -0.1) is 0 Å². The molecule has 0 spiro atoms. The van der Waals surface area contributed by atoms with Crippen LogP contribution in [-0.2, 0) is 0 Å². The molecule has 3 heteroatoms. The summed E-state index contributed by atoms with van der Waals surface area (Å²) in [6.45, 7) is 2.02. The fraction of sp³-hybridized carbons (Fsp3) is 0.571.